The molecule has 0 fully saturated rings. The number of hydrogen-bond donors (Lipinski definition) is 0. The third-order valence-corrected chi connectivity index (χ3v) is 9.02. The van der Waals surface area contributed by atoms with Gasteiger partial charge in [0, 0.05) is 30.9 Å². The van der Waals surface area contributed by atoms with Crippen LogP contribution in [-0.4, -0.2) is 0 Å². The molecule has 2 heterocycles. The Bertz CT molecular complexity index is 2280. The summed E-state index contributed by atoms with van der Waals surface area (Å²) in [5.41, 5.74) is 8.65. The fourth-order valence-corrected chi connectivity index (χ4v) is 7.01. The van der Waals surface area contributed by atoms with E-state index >= 15 is 0 Å². The summed E-state index contributed by atoms with van der Waals surface area (Å²) in [7, 11) is 0. The first-order valence-electron chi connectivity index (χ1n) is 13.6. The quantitative estimate of drug-likeness (QED) is 0.219. The van der Waals surface area contributed by atoms with Crippen molar-refractivity contribution in [3.8, 4) is 45.5 Å². The van der Waals surface area contributed by atoms with Gasteiger partial charge in [0.1, 0.15) is 11.2 Å². The standard InChI is InChI=1S/C38H20N2OS/c39-21-23-13-24(22-40)15-27(14-23)30-17-28(25-9-11-32-31-5-1-3-7-35(31)41-36(32)19-25)16-29(18-30)26-10-12-34-33-6-2-4-8-37(33)42-38(34)20-26/h1-20H. The van der Waals surface area contributed by atoms with Crippen molar-refractivity contribution in [2.75, 3.05) is 0 Å². The highest BCUT2D eigenvalue weighted by Crippen LogP contribution is 2.39. The highest BCUT2D eigenvalue weighted by atomic mass is 32.1. The Kier molecular flexibility index (Phi) is 5.44. The first kappa shape index (κ1) is 24.1. The van der Waals surface area contributed by atoms with E-state index in [4.69, 9.17) is 4.42 Å². The molecule has 0 aliphatic rings. The predicted molar refractivity (Wildman–Crippen MR) is 172 cm³/mol. The molecule has 0 spiro atoms. The molecule has 0 unspecified atom stereocenters. The van der Waals surface area contributed by atoms with Crippen LogP contribution in [0.1, 0.15) is 11.1 Å². The summed E-state index contributed by atoms with van der Waals surface area (Å²) in [5, 5.41) is 24.0. The minimum absolute atomic E-state index is 0.464. The molecule has 0 atom stereocenters. The smallest absolute Gasteiger partial charge is 0.136 e. The van der Waals surface area contributed by atoms with E-state index in [0.29, 0.717) is 11.1 Å². The van der Waals surface area contributed by atoms with Gasteiger partial charge in [-0.2, -0.15) is 10.5 Å². The molecule has 0 aliphatic carbocycles. The summed E-state index contributed by atoms with van der Waals surface area (Å²) >= 11 is 1.80. The summed E-state index contributed by atoms with van der Waals surface area (Å²) in [4.78, 5) is 0. The van der Waals surface area contributed by atoms with Gasteiger partial charge in [-0.1, -0.05) is 54.6 Å². The maximum Gasteiger partial charge on any atom is 0.136 e. The Labute approximate surface area is 245 Å². The Hall–Kier alpha value is -5.68. The van der Waals surface area contributed by atoms with Crippen molar-refractivity contribution in [3.05, 3.63) is 132 Å². The van der Waals surface area contributed by atoms with Crippen molar-refractivity contribution in [2.45, 2.75) is 0 Å². The lowest BCUT2D eigenvalue weighted by Crippen LogP contribution is -1.88. The number of furan rings is 1. The van der Waals surface area contributed by atoms with Crippen molar-refractivity contribution < 1.29 is 4.42 Å². The monoisotopic (exact) mass is 552 g/mol. The number of fused-ring (bicyclic) bond motifs is 6. The molecule has 0 saturated heterocycles. The summed E-state index contributed by atoms with van der Waals surface area (Å²) in [6.45, 7) is 0. The van der Waals surface area contributed by atoms with Crippen LogP contribution in [0.2, 0.25) is 0 Å². The summed E-state index contributed by atoms with van der Waals surface area (Å²) in [6.07, 6.45) is 0. The van der Waals surface area contributed by atoms with Crippen molar-refractivity contribution in [2.24, 2.45) is 0 Å². The predicted octanol–water partition coefficient (Wildman–Crippen LogP) is 10.7. The van der Waals surface area contributed by atoms with Crippen molar-refractivity contribution in [3.63, 3.8) is 0 Å². The van der Waals surface area contributed by atoms with E-state index in [0.717, 1.165) is 55.3 Å². The van der Waals surface area contributed by atoms with Gasteiger partial charge in [-0.3, -0.25) is 0 Å². The first-order valence-corrected chi connectivity index (χ1v) is 14.4. The Morgan fingerprint density at radius 2 is 0.976 bits per heavy atom. The third-order valence-electron chi connectivity index (χ3n) is 7.88. The lowest BCUT2D eigenvalue weighted by Gasteiger charge is -2.12. The highest BCUT2D eigenvalue weighted by molar-refractivity contribution is 7.25. The summed E-state index contributed by atoms with van der Waals surface area (Å²) in [6, 6.07) is 45.8. The second-order valence-corrected chi connectivity index (χ2v) is 11.5. The van der Waals surface area contributed by atoms with E-state index in [9.17, 15) is 10.5 Å². The normalized spacial score (nSPS) is 11.3. The average Bonchev–Trinajstić information content (AvgIpc) is 3.61. The molecule has 3 nitrogen and oxygen atoms in total. The van der Waals surface area contributed by atoms with Gasteiger partial charge < -0.3 is 4.42 Å². The summed E-state index contributed by atoms with van der Waals surface area (Å²) < 4.78 is 8.72. The van der Waals surface area contributed by atoms with E-state index in [1.807, 2.05) is 30.3 Å². The molecule has 194 valence electrons. The largest absolute Gasteiger partial charge is 0.456 e. The van der Waals surface area contributed by atoms with Crippen molar-refractivity contribution in [1.82, 2.24) is 0 Å². The second kappa shape index (κ2) is 9.46. The van der Waals surface area contributed by atoms with Crippen LogP contribution in [-0.2, 0) is 0 Å². The first-order chi connectivity index (χ1) is 20.7. The number of nitriles is 2. The second-order valence-electron chi connectivity index (χ2n) is 10.4. The van der Waals surface area contributed by atoms with Crippen LogP contribution in [0.4, 0.5) is 0 Å². The molecule has 0 bridgehead atoms. The van der Waals surface area contributed by atoms with Gasteiger partial charge in [0.2, 0.25) is 0 Å². The van der Waals surface area contributed by atoms with E-state index in [1.54, 1.807) is 17.4 Å². The lowest BCUT2D eigenvalue weighted by molar-refractivity contribution is 0.669. The van der Waals surface area contributed by atoms with Gasteiger partial charge in [-0.05, 0) is 100 Å². The third kappa shape index (κ3) is 3.94. The molecule has 8 aromatic rings. The number of benzene rings is 6. The van der Waals surface area contributed by atoms with Gasteiger partial charge in [0.25, 0.3) is 0 Å². The number of nitrogens with zero attached hydrogens (tertiary/aromatic N) is 2. The van der Waals surface area contributed by atoms with Crippen LogP contribution in [0, 0.1) is 22.7 Å². The number of para-hydroxylation sites is 1. The van der Waals surface area contributed by atoms with E-state index < -0.39 is 0 Å². The minimum atomic E-state index is 0.464. The number of hydrogen-bond acceptors (Lipinski definition) is 4. The Morgan fingerprint density at radius 3 is 1.71 bits per heavy atom. The molecule has 0 saturated carbocycles. The van der Waals surface area contributed by atoms with Crippen LogP contribution in [0.3, 0.4) is 0 Å². The van der Waals surface area contributed by atoms with Crippen LogP contribution in [0.25, 0.3) is 75.5 Å². The maximum atomic E-state index is 9.65. The zero-order chi connectivity index (χ0) is 28.2. The molecule has 8 rings (SSSR count). The van der Waals surface area contributed by atoms with Crippen LogP contribution in [0.5, 0.6) is 0 Å². The van der Waals surface area contributed by atoms with Crippen molar-refractivity contribution >= 4 is 53.4 Å². The maximum absolute atomic E-state index is 9.65. The Balaban J connectivity index is 1.35. The fraction of sp³-hybridized carbons (Fsp3) is 0. The SMILES string of the molecule is N#Cc1cc(C#N)cc(-c2cc(-c3ccc4c(c3)oc3ccccc34)cc(-c3ccc4c(c3)sc3ccccc34)c2)c1. The molecule has 4 heteroatoms. The molecule has 2 aromatic heterocycles. The van der Waals surface area contributed by atoms with E-state index in [2.05, 4.69) is 97.1 Å². The molecule has 0 amide bonds. The van der Waals surface area contributed by atoms with Crippen LogP contribution in [0.15, 0.2) is 126 Å². The molecule has 0 radical (unpaired) electrons. The topological polar surface area (TPSA) is 60.7 Å². The molecule has 6 aromatic carbocycles. The van der Waals surface area contributed by atoms with Gasteiger partial charge in [0.15, 0.2) is 0 Å². The fourth-order valence-electron chi connectivity index (χ4n) is 5.86. The molecule has 0 N–H and O–H groups in total. The van der Waals surface area contributed by atoms with Crippen LogP contribution < -0.4 is 0 Å². The highest BCUT2D eigenvalue weighted by Gasteiger charge is 2.13. The summed E-state index contributed by atoms with van der Waals surface area (Å²) in [5.74, 6) is 0. The average molecular weight is 553 g/mol. The molecule has 0 aliphatic heterocycles. The minimum Gasteiger partial charge on any atom is -0.456 e. The van der Waals surface area contributed by atoms with Gasteiger partial charge in [-0.15, -0.1) is 11.3 Å². The van der Waals surface area contributed by atoms with Gasteiger partial charge in [-0.25, -0.2) is 0 Å². The lowest BCUT2D eigenvalue weighted by atomic mass is 9.91. The van der Waals surface area contributed by atoms with Gasteiger partial charge in [0.05, 0.1) is 23.3 Å². The van der Waals surface area contributed by atoms with E-state index in [1.165, 1.54) is 20.2 Å². The Morgan fingerprint density at radius 1 is 0.429 bits per heavy atom. The molecular formula is C38H20N2OS. The zero-order valence-corrected chi connectivity index (χ0v) is 23.1. The zero-order valence-electron chi connectivity index (χ0n) is 22.3. The van der Waals surface area contributed by atoms with Crippen molar-refractivity contribution in [1.29, 1.82) is 10.5 Å². The van der Waals surface area contributed by atoms with Gasteiger partial charge >= 0.3 is 0 Å². The number of rotatable bonds is 3. The van der Waals surface area contributed by atoms with E-state index in [-0.39, 0.29) is 0 Å². The molecular weight excluding hydrogens is 532 g/mol. The van der Waals surface area contributed by atoms with Crippen LogP contribution >= 0.6 is 11.3 Å². The molecule has 42 heavy (non-hydrogen) atoms. The number of thiophene rings is 1.